The molecule has 0 atom stereocenters. The van der Waals surface area contributed by atoms with Crippen LogP contribution in [0.25, 0.3) is 11.2 Å². The Morgan fingerprint density at radius 3 is 2.69 bits per heavy atom. The Bertz CT molecular complexity index is 523. The first-order valence-electron chi connectivity index (χ1n) is 5.09. The molecule has 0 unspecified atom stereocenters. The third kappa shape index (κ3) is 1.40. The molecule has 0 amide bonds. The van der Waals surface area contributed by atoms with Crippen molar-refractivity contribution in [2.24, 2.45) is 4.99 Å². The average molecular weight is 226 g/mol. The van der Waals surface area contributed by atoms with Gasteiger partial charge in [0.25, 0.3) is 11.3 Å². The Morgan fingerprint density at radius 2 is 2.12 bits per heavy atom. The van der Waals surface area contributed by atoms with Gasteiger partial charge in [-0.05, 0) is 13.8 Å². The second kappa shape index (κ2) is 3.84. The molecule has 88 valence electrons. The molecule has 0 saturated carbocycles. The van der Waals surface area contributed by atoms with E-state index >= 15 is 0 Å². The molecule has 16 heavy (non-hydrogen) atoms. The molecule has 3 N–H and O–H groups in total. The Kier molecular flexibility index (Phi) is 2.51. The van der Waals surface area contributed by atoms with Gasteiger partial charge in [0.1, 0.15) is 0 Å². The zero-order chi connectivity index (χ0) is 11.7. The fourth-order valence-corrected chi connectivity index (χ4v) is 1.50. The van der Waals surface area contributed by atoms with E-state index in [4.69, 9.17) is 4.42 Å². The minimum Gasteiger partial charge on any atom is -0.425 e. The third-order valence-electron chi connectivity index (χ3n) is 2.14. The summed E-state index contributed by atoms with van der Waals surface area (Å²) in [6.45, 7) is 4.87. The van der Waals surface area contributed by atoms with Gasteiger partial charge in [-0.2, -0.15) is 0 Å². The van der Waals surface area contributed by atoms with Gasteiger partial charge < -0.3 is 20.1 Å². The number of furan rings is 1. The molecule has 2 heterocycles. The predicted molar refractivity (Wildman–Crippen MR) is 56.8 cm³/mol. The lowest BCUT2D eigenvalue weighted by Crippen LogP contribution is -2.23. The smallest absolute Gasteiger partial charge is 0.276 e. The molecule has 0 aliphatic carbocycles. The van der Waals surface area contributed by atoms with Crippen LogP contribution in [0, 0.1) is 0 Å². The highest BCUT2D eigenvalue weighted by Gasteiger charge is 2.15. The SMILES string of the molecule is CCN=c1n(O)c2cc(NCC)oc2n1O. The van der Waals surface area contributed by atoms with Gasteiger partial charge in [0.15, 0.2) is 11.4 Å². The van der Waals surface area contributed by atoms with Gasteiger partial charge in [0, 0.05) is 19.2 Å². The Labute approximate surface area is 91.2 Å². The van der Waals surface area contributed by atoms with Crippen LogP contribution in [0.1, 0.15) is 13.8 Å². The molecule has 7 heteroatoms. The maximum absolute atomic E-state index is 9.74. The van der Waals surface area contributed by atoms with E-state index in [9.17, 15) is 10.4 Å². The molecule has 2 rings (SSSR count). The average Bonchev–Trinajstić information content (AvgIpc) is 2.76. The summed E-state index contributed by atoms with van der Waals surface area (Å²) in [5.41, 5.74) is 0.565. The van der Waals surface area contributed by atoms with E-state index in [0.717, 1.165) is 9.46 Å². The molecule has 0 radical (unpaired) electrons. The molecule has 0 saturated heterocycles. The van der Waals surface area contributed by atoms with E-state index in [1.165, 1.54) is 0 Å². The molecule has 0 aliphatic rings. The molecule has 7 nitrogen and oxygen atoms in total. The minimum absolute atomic E-state index is 0.0410. The Morgan fingerprint density at radius 1 is 1.38 bits per heavy atom. The minimum atomic E-state index is 0.0410. The summed E-state index contributed by atoms with van der Waals surface area (Å²) in [6, 6.07) is 1.60. The van der Waals surface area contributed by atoms with Crippen molar-refractivity contribution in [3.63, 3.8) is 0 Å². The molecule has 0 aromatic carbocycles. The van der Waals surface area contributed by atoms with Crippen LogP contribution in [-0.2, 0) is 0 Å². The van der Waals surface area contributed by atoms with E-state index < -0.39 is 0 Å². The van der Waals surface area contributed by atoms with Crippen molar-refractivity contribution < 1.29 is 14.8 Å². The van der Waals surface area contributed by atoms with Gasteiger partial charge in [-0.15, -0.1) is 9.46 Å². The lowest BCUT2D eigenvalue weighted by Gasteiger charge is -1.96. The van der Waals surface area contributed by atoms with Crippen LogP contribution < -0.4 is 10.9 Å². The number of imidazole rings is 1. The van der Waals surface area contributed by atoms with Crippen molar-refractivity contribution in [1.82, 2.24) is 9.46 Å². The van der Waals surface area contributed by atoms with Crippen molar-refractivity contribution in [3.8, 4) is 0 Å². The lowest BCUT2D eigenvalue weighted by atomic mass is 10.5. The van der Waals surface area contributed by atoms with Gasteiger partial charge in [0.05, 0.1) is 0 Å². The van der Waals surface area contributed by atoms with Crippen molar-refractivity contribution in [2.45, 2.75) is 13.8 Å². The fraction of sp³-hybridized carbons (Fsp3) is 0.444. The highest BCUT2D eigenvalue weighted by atomic mass is 16.5. The lowest BCUT2D eigenvalue weighted by molar-refractivity contribution is 0.128. The highest BCUT2D eigenvalue weighted by Crippen LogP contribution is 2.20. The molecule has 0 fully saturated rings. The molecular formula is C9H14N4O3. The monoisotopic (exact) mass is 226 g/mol. The number of fused-ring (bicyclic) bond motifs is 1. The van der Waals surface area contributed by atoms with E-state index in [-0.39, 0.29) is 11.3 Å². The standard InChI is InChI=1S/C9H14N4O3/c1-3-10-7-5-6-8(16-7)13(15)9(11-4-2)12(6)14/h5,10,14-15H,3-4H2,1-2H3. The Balaban J connectivity index is 2.65. The number of hydrogen-bond acceptors (Lipinski definition) is 5. The van der Waals surface area contributed by atoms with Gasteiger partial charge in [0.2, 0.25) is 0 Å². The summed E-state index contributed by atoms with van der Waals surface area (Å²) in [4.78, 5) is 3.94. The molecule has 2 aromatic heterocycles. The summed E-state index contributed by atoms with van der Waals surface area (Å²) >= 11 is 0. The van der Waals surface area contributed by atoms with Crippen LogP contribution in [-0.4, -0.2) is 33.0 Å². The Hall–Kier alpha value is -2.05. The molecule has 0 bridgehead atoms. The maximum atomic E-state index is 9.74. The first kappa shape index (κ1) is 10.5. The summed E-state index contributed by atoms with van der Waals surface area (Å²) < 4.78 is 6.82. The van der Waals surface area contributed by atoms with Gasteiger partial charge >= 0.3 is 0 Å². The summed E-state index contributed by atoms with van der Waals surface area (Å²) in [7, 11) is 0. The number of anilines is 1. The summed E-state index contributed by atoms with van der Waals surface area (Å²) in [6.07, 6.45) is 0. The van der Waals surface area contributed by atoms with Crippen molar-refractivity contribution in [1.29, 1.82) is 0 Å². The second-order valence-corrected chi connectivity index (χ2v) is 3.23. The van der Waals surface area contributed by atoms with E-state index in [1.807, 2.05) is 6.92 Å². The second-order valence-electron chi connectivity index (χ2n) is 3.23. The van der Waals surface area contributed by atoms with Crippen LogP contribution in [0.15, 0.2) is 15.5 Å². The molecule has 0 aliphatic heterocycles. The first-order chi connectivity index (χ1) is 7.69. The van der Waals surface area contributed by atoms with E-state index in [0.29, 0.717) is 24.5 Å². The topological polar surface area (TPSA) is 87.9 Å². The summed E-state index contributed by atoms with van der Waals surface area (Å²) in [5.74, 6) is 0.487. The molecular weight excluding hydrogens is 212 g/mol. The number of hydrogen-bond donors (Lipinski definition) is 3. The van der Waals surface area contributed by atoms with Gasteiger partial charge in [-0.3, -0.25) is 0 Å². The van der Waals surface area contributed by atoms with Crippen molar-refractivity contribution >= 4 is 17.1 Å². The molecule has 2 aromatic rings. The van der Waals surface area contributed by atoms with Gasteiger partial charge in [-0.25, -0.2) is 4.99 Å². The van der Waals surface area contributed by atoms with Crippen LogP contribution >= 0.6 is 0 Å². The number of aromatic nitrogens is 2. The fourth-order valence-electron chi connectivity index (χ4n) is 1.50. The zero-order valence-electron chi connectivity index (χ0n) is 9.14. The van der Waals surface area contributed by atoms with Crippen molar-refractivity contribution in [3.05, 3.63) is 11.7 Å². The highest BCUT2D eigenvalue weighted by molar-refractivity contribution is 5.73. The third-order valence-corrected chi connectivity index (χ3v) is 2.14. The van der Waals surface area contributed by atoms with Crippen molar-refractivity contribution in [2.75, 3.05) is 18.4 Å². The normalized spacial score (nSPS) is 12.5. The van der Waals surface area contributed by atoms with E-state index in [2.05, 4.69) is 10.3 Å². The first-order valence-corrected chi connectivity index (χ1v) is 5.09. The largest absolute Gasteiger partial charge is 0.425 e. The van der Waals surface area contributed by atoms with Gasteiger partial charge in [-0.1, -0.05) is 0 Å². The quantitative estimate of drug-likeness (QED) is 0.677. The van der Waals surface area contributed by atoms with Crippen LogP contribution in [0.5, 0.6) is 0 Å². The number of rotatable bonds is 3. The number of nitrogens with zero attached hydrogens (tertiary/aromatic N) is 3. The summed E-state index contributed by atoms with van der Waals surface area (Å²) in [5, 5.41) is 22.4. The molecule has 0 spiro atoms. The van der Waals surface area contributed by atoms with Crippen LogP contribution in [0.4, 0.5) is 5.88 Å². The number of nitrogens with one attached hydrogen (secondary N) is 1. The van der Waals surface area contributed by atoms with Crippen LogP contribution in [0.3, 0.4) is 0 Å². The zero-order valence-corrected chi connectivity index (χ0v) is 9.14. The maximum Gasteiger partial charge on any atom is 0.276 e. The van der Waals surface area contributed by atoms with E-state index in [1.54, 1.807) is 13.0 Å². The predicted octanol–water partition coefficient (Wildman–Crippen LogP) is 0.863. The van der Waals surface area contributed by atoms with Crippen LogP contribution in [0.2, 0.25) is 0 Å².